The second-order valence-corrected chi connectivity index (χ2v) is 11.6. The number of ether oxygens (including phenoxy) is 1. The average Bonchev–Trinajstić information content (AvgIpc) is 3.53. The molecular weight excluding hydrogens is 530 g/mol. The van der Waals surface area contributed by atoms with Crippen molar-refractivity contribution in [1.82, 2.24) is 24.5 Å². The fourth-order valence-corrected chi connectivity index (χ4v) is 5.67. The van der Waals surface area contributed by atoms with Gasteiger partial charge in [-0.3, -0.25) is 4.68 Å². The molecule has 2 aliphatic rings. The fraction of sp³-hybridized carbons (Fsp3) is 0.481. The van der Waals surface area contributed by atoms with Gasteiger partial charge >= 0.3 is 12.3 Å². The third-order valence-corrected chi connectivity index (χ3v) is 7.45. The van der Waals surface area contributed by atoms with Crippen molar-refractivity contribution in [1.29, 1.82) is 5.26 Å². The number of anilines is 1. The molecule has 40 heavy (non-hydrogen) atoms. The highest BCUT2D eigenvalue weighted by Crippen LogP contribution is 2.55. The van der Waals surface area contributed by atoms with E-state index in [-0.39, 0.29) is 46.7 Å². The van der Waals surface area contributed by atoms with Crippen molar-refractivity contribution in [3.8, 4) is 17.3 Å². The topological polar surface area (TPSA) is 115 Å². The van der Waals surface area contributed by atoms with Crippen molar-refractivity contribution in [2.24, 2.45) is 5.41 Å². The van der Waals surface area contributed by atoms with E-state index in [0.29, 0.717) is 18.7 Å². The van der Waals surface area contributed by atoms with Crippen LogP contribution in [0.1, 0.15) is 62.8 Å². The number of alkyl halides is 3. The van der Waals surface area contributed by atoms with E-state index < -0.39 is 23.2 Å². The van der Waals surface area contributed by atoms with Gasteiger partial charge in [0.1, 0.15) is 34.6 Å². The van der Waals surface area contributed by atoms with Crippen LogP contribution in [0, 0.1) is 22.6 Å². The SMILES string of the molecule is CC(C)(C)OC(=O)N1CCC2(CC(n3nc(-c4cnn(Cc5cccc(F)c5C(F)(F)F)c4)c(C#N)c3N)C2)C1. The Labute approximate surface area is 228 Å². The molecule has 2 fully saturated rings. The van der Waals surface area contributed by atoms with E-state index in [1.54, 1.807) is 9.58 Å². The lowest BCUT2D eigenvalue weighted by Gasteiger charge is -2.45. The summed E-state index contributed by atoms with van der Waals surface area (Å²) in [6.07, 6.45) is -0.0788. The van der Waals surface area contributed by atoms with Crippen molar-refractivity contribution in [2.45, 2.75) is 64.4 Å². The zero-order chi connectivity index (χ0) is 29.0. The number of nitrogens with zero attached hydrogens (tertiary/aromatic N) is 6. The minimum atomic E-state index is -4.86. The lowest BCUT2D eigenvalue weighted by Crippen LogP contribution is -2.43. The van der Waals surface area contributed by atoms with Gasteiger partial charge in [-0.15, -0.1) is 0 Å². The normalized spacial score (nSPS) is 20.9. The van der Waals surface area contributed by atoms with Crippen LogP contribution in [0.5, 0.6) is 0 Å². The van der Waals surface area contributed by atoms with Crippen LogP contribution in [0.15, 0.2) is 30.6 Å². The molecular formula is C27H29F4N7O2. The molecule has 0 atom stereocenters. The number of hydrogen-bond acceptors (Lipinski definition) is 6. The van der Waals surface area contributed by atoms with Crippen molar-refractivity contribution in [3.63, 3.8) is 0 Å². The number of benzene rings is 1. The summed E-state index contributed by atoms with van der Waals surface area (Å²) < 4.78 is 62.6. The number of likely N-dealkylation sites (tertiary alicyclic amines) is 1. The molecule has 2 N–H and O–H groups in total. The number of nitrogens with two attached hydrogens (primary N) is 1. The van der Waals surface area contributed by atoms with Crippen LogP contribution in [-0.2, 0) is 17.5 Å². The number of nitriles is 1. The molecule has 1 spiro atoms. The fourth-order valence-electron chi connectivity index (χ4n) is 5.67. The minimum absolute atomic E-state index is 0.0705. The molecule has 5 rings (SSSR count). The molecule has 1 aromatic carbocycles. The maximum absolute atomic E-state index is 14.0. The van der Waals surface area contributed by atoms with E-state index in [4.69, 9.17) is 10.5 Å². The highest BCUT2D eigenvalue weighted by Gasteiger charge is 2.51. The number of carbonyl (C=O) groups is 1. The van der Waals surface area contributed by atoms with Crippen LogP contribution in [0.25, 0.3) is 11.3 Å². The van der Waals surface area contributed by atoms with Gasteiger partial charge in [0, 0.05) is 24.8 Å². The first-order chi connectivity index (χ1) is 18.7. The summed E-state index contributed by atoms with van der Waals surface area (Å²) in [5, 5.41) is 18.5. The summed E-state index contributed by atoms with van der Waals surface area (Å²) in [5.41, 5.74) is 4.86. The van der Waals surface area contributed by atoms with E-state index in [1.165, 1.54) is 29.2 Å². The van der Waals surface area contributed by atoms with Gasteiger partial charge in [0.2, 0.25) is 0 Å². The number of nitrogen functional groups attached to an aromatic ring is 1. The first kappa shape index (κ1) is 27.5. The van der Waals surface area contributed by atoms with Crippen LogP contribution >= 0.6 is 0 Å². The maximum atomic E-state index is 14.0. The van der Waals surface area contributed by atoms with Crippen LogP contribution in [0.4, 0.5) is 28.2 Å². The van der Waals surface area contributed by atoms with E-state index >= 15 is 0 Å². The standard InChI is InChI=1S/C27H29F4N7O2/c1-25(2,3)40-24(39)36-8-7-26(15-36)9-18(10-26)38-23(33)19(11-32)22(35-38)17-12-34-37(14-17)13-16-5-4-6-20(28)21(16)27(29,30)31/h4-6,12,14,18H,7-10,13,15,33H2,1-3H3. The lowest BCUT2D eigenvalue weighted by atomic mass is 9.65. The Balaban J connectivity index is 1.32. The number of halogens is 4. The van der Waals surface area contributed by atoms with Crippen molar-refractivity contribution < 1.29 is 27.1 Å². The molecule has 3 aromatic rings. The molecule has 0 radical (unpaired) electrons. The number of carbonyl (C=O) groups excluding carboxylic acids is 1. The molecule has 1 amide bonds. The molecule has 1 saturated heterocycles. The second kappa shape index (κ2) is 9.53. The van der Waals surface area contributed by atoms with Crippen LogP contribution in [0.3, 0.4) is 0 Å². The first-order valence-electron chi connectivity index (χ1n) is 12.8. The van der Waals surface area contributed by atoms with E-state index in [2.05, 4.69) is 16.3 Å². The second-order valence-electron chi connectivity index (χ2n) is 11.6. The van der Waals surface area contributed by atoms with Gasteiger partial charge in [-0.1, -0.05) is 12.1 Å². The summed E-state index contributed by atoms with van der Waals surface area (Å²) in [6, 6.07) is 5.17. The third-order valence-electron chi connectivity index (χ3n) is 7.45. The molecule has 2 aromatic heterocycles. The zero-order valence-electron chi connectivity index (χ0n) is 22.3. The molecule has 9 nitrogen and oxygen atoms in total. The zero-order valence-corrected chi connectivity index (χ0v) is 22.3. The van der Waals surface area contributed by atoms with Crippen molar-refractivity contribution in [2.75, 3.05) is 18.8 Å². The molecule has 0 unspecified atom stereocenters. The first-order valence-corrected chi connectivity index (χ1v) is 12.8. The van der Waals surface area contributed by atoms with E-state index in [1.807, 2.05) is 20.8 Å². The van der Waals surface area contributed by atoms with E-state index in [0.717, 1.165) is 25.3 Å². The molecule has 1 aliphatic heterocycles. The maximum Gasteiger partial charge on any atom is 0.419 e. The predicted octanol–water partition coefficient (Wildman–Crippen LogP) is 5.37. The van der Waals surface area contributed by atoms with E-state index in [9.17, 15) is 27.6 Å². The Morgan fingerprint density at radius 1 is 1.27 bits per heavy atom. The Morgan fingerprint density at radius 2 is 2.00 bits per heavy atom. The Kier molecular flexibility index (Phi) is 6.55. The highest BCUT2D eigenvalue weighted by molar-refractivity contribution is 5.72. The molecule has 0 bridgehead atoms. The number of rotatable bonds is 4. The van der Waals surface area contributed by atoms with Crippen LogP contribution in [0.2, 0.25) is 0 Å². The minimum Gasteiger partial charge on any atom is -0.444 e. The van der Waals surface area contributed by atoms with Crippen molar-refractivity contribution in [3.05, 3.63) is 53.1 Å². The summed E-state index contributed by atoms with van der Waals surface area (Å²) in [7, 11) is 0. The highest BCUT2D eigenvalue weighted by atomic mass is 19.4. The number of amides is 1. The van der Waals surface area contributed by atoms with Gasteiger partial charge in [-0.25, -0.2) is 13.9 Å². The van der Waals surface area contributed by atoms with Gasteiger partial charge in [0.05, 0.1) is 24.3 Å². The van der Waals surface area contributed by atoms with Gasteiger partial charge in [-0.05, 0) is 57.1 Å². The Morgan fingerprint density at radius 3 is 2.65 bits per heavy atom. The molecule has 212 valence electrons. The summed E-state index contributed by atoms with van der Waals surface area (Å²) in [5.74, 6) is -1.16. The average molecular weight is 560 g/mol. The Hall–Kier alpha value is -4.08. The Bertz CT molecular complexity index is 1490. The van der Waals surface area contributed by atoms with Gasteiger partial charge in [0.15, 0.2) is 0 Å². The lowest BCUT2D eigenvalue weighted by molar-refractivity contribution is -0.140. The summed E-state index contributed by atoms with van der Waals surface area (Å²) in [6.45, 7) is 6.32. The molecule has 1 aliphatic carbocycles. The number of aromatic nitrogens is 4. The van der Waals surface area contributed by atoms with Crippen LogP contribution < -0.4 is 5.73 Å². The molecule has 13 heteroatoms. The number of hydrogen-bond donors (Lipinski definition) is 1. The van der Waals surface area contributed by atoms with Crippen LogP contribution in [-0.4, -0.2) is 49.2 Å². The summed E-state index contributed by atoms with van der Waals surface area (Å²) in [4.78, 5) is 14.2. The quantitative estimate of drug-likeness (QED) is 0.430. The van der Waals surface area contributed by atoms with Gasteiger partial charge < -0.3 is 15.4 Å². The molecule has 1 saturated carbocycles. The largest absolute Gasteiger partial charge is 0.444 e. The third kappa shape index (κ3) is 5.10. The smallest absolute Gasteiger partial charge is 0.419 e. The summed E-state index contributed by atoms with van der Waals surface area (Å²) >= 11 is 0. The monoisotopic (exact) mass is 559 g/mol. The van der Waals surface area contributed by atoms with Crippen molar-refractivity contribution >= 4 is 11.9 Å². The molecule has 3 heterocycles. The predicted molar refractivity (Wildman–Crippen MR) is 136 cm³/mol. The van der Waals surface area contributed by atoms with Gasteiger partial charge in [0.25, 0.3) is 0 Å². The van der Waals surface area contributed by atoms with Gasteiger partial charge in [-0.2, -0.15) is 28.6 Å².